The van der Waals surface area contributed by atoms with Crippen LogP contribution in [0.15, 0.2) is 54.6 Å². The topological polar surface area (TPSA) is 82.2 Å². The van der Waals surface area contributed by atoms with Crippen LogP contribution in [0.5, 0.6) is 5.75 Å². The third-order valence-electron chi connectivity index (χ3n) is 7.14. The molecule has 0 aliphatic carbocycles. The highest BCUT2D eigenvalue weighted by atomic mass is 16.5. The zero-order chi connectivity index (χ0) is 24.2. The van der Waals surface area contributed by atoms with Gasteiger partial charge in [0.1, 0.15) is 5.75 Å². The van der Waals surface area contributed by atoms with Gasteiger partial charge in [0.2, 0.25) is 5.91 Å². The van der Waals surface area contributed by atoms with Crippen molar-refractivity contribution < 1.29 is 19.1 Å². The minimum Gasteiger partial charge on any atom is -0.476 e. The molecule has 3 aliphatic rings. The van der Waals surface area contributed by atoms with E-state index in [1.165, 1.54) is 0 Å². The van der Waals surface area contributed by atoms with Crippen LogP contribution in [0.25, 0.3) is 0 Å². The van der Waals surface area contributed by atoms with Crippen LogP contribution in [0.4, 0.5) is 16.2 Å². The fourth-order valence-electron chi connectivity index (χ4n) is 5.16. The normalized spacial score (nSPS) is 20.6. The molecule has 1 atom stereocenters. The number of nitrogens with one attached hydrogen (secondary N) is 1. The van der Waals surface area contributed by atoms with Crippen molar-refractivity contribution >= 4 is 29.2 Å². The number of ether oxygens (including phenoxy) is 1. The monoisotopic (exact) mass is 476 g/mol. The Morgan fingerprint density at radius 1 is 0.771 bits per heavy atom. The first-order valence-corrected chi connectivity index (χ1v) is 12.6. The van der Waals surface area contributed by atoms with Crippen molar-refractivity contribution in [2.45, 2.75) is 38.2 Å². The second kappa shape index (κ2) is 10.4. The molecule has 2 aromatic carbocycles. The van der Waals surface area contributed by atoms with Gasteiger partial charge in [0.05, 0.1) is 12.2 Å². The summed E-state index contributed by atoms with van der Waals surface area (Å²) in [6, 6.07) is 16.7. The molecule has 5 rings (SSSR count). The molecule has 2 saturated heterocycles. The predicted octanol–water partition coefficient (Wildman–Crippen LogP) is 3.74. The maximum Gasteiger partial charge on any atom is 0.321 e. The number of likely N-dealkylation sites (tertiary alicyclic amines) is 2. The van der Waals surface area contributed by atoms with Gasteiger partial charge in [-0.05, 0) is 56.4 Å². The number of hydrogen-bond acceptors (Lipinski definition) is 4. The summed E-state index contributed by atoms with van der Waals surface area (Å²) in [7, 11) is 0. The van der Waals surface area contributed by atoms with Gasteiger partial charge < -0.3 is 24.8 Å². The van der Waals surface area contributed by atoms with E-state index >= 15 is 0 Å². The average molecular weight is 477 g/mol. The largest absolute Gasteiger partial charge is 0.476 e. The first-order chi connectivity index (χ1) is 17.1. The molecule has 35 heavy (non-hydrogen) atoms. The van der Waals surface area contributed by atoms with Gasteiger partial charge >= 0.3 is 6.03 Å². The van der Waals surface area contributed by atoms with Crippen molar-refractivity contribution in [1.29, 1.82) is 0 Å². The van der Waals surface area contributed by atoms with Crippen LogP contribution >= 0.6 is 0 Å². The summed E-state index contributed by atoms with van der Waals surface area (Å²) in [6.45, 7) is 2.74. The van der Waals surface area contributed by atoms with Gasteiger partial charge in [-0.25, -0.2) is 4.79 Å². The number of rotatable bonds is 3. The second-order valence-corrected chi connectivity index (χ2v) is 9.47. The van der Waals surface area contributed by atoms with E-state index in [2.05, 4.69) is 5.32 Å². The van der Waals surface area contributed by atoms with E-state index in [-0.39, 0.29) is 30.3 Å². The Morgan fingerprint density at radius 2 is 1.46 bits per heavy atom. The van der Waals surface area contributed by atoms with Crippen LogP contribution in [0.2, 0.25) is 0 Å². The number of urea groups is 1. The van der Waals surface area contributed by atoms with E-state index in [4.69, 9.17) is 4.74 Å². The summed E-state index contributed by atoms with van der Waals surface area (Å²) in [6.07, 6.45) is 3.65. The Kier molecular flexibility index (Phi) is 6.88. The zero-order valence-corrected chi connectivity index (χ0v) is 19.9. The zero-order valence-electron chi connectivity index (χ0n) is 19.9. The first kappa shape index (κ1) is 23.2. The molecule has 0 aromatic heterocycles. The SMILES string of the molecule is O=C(Nc1ccccc1)N1CCC(C(=O)N2C[C@@H](C(=O)N3CCCCC3)Oc3ccccc32)CC1. The van der Waals surface area contributed by atoms with Gasteiger partial charge in [-0.3, -0.25) is 9.59 Å². The summed E-state index contributed by atoms with van der Waals surface area (Å²) in [4.78, 5) is 44.8. The van der Waals surface area contributed by atoms with Crippen molar-refractivity contribution in [3.8, 4) is 5.75 Å². The third-order valence-corrected chi connectivity index (χ3v) is 7.14. The van der Waals surface area contributed by atoms with Gasteiger partial charge in [-0.1, -0.05) is 30.3 Å². The lowest BCUT2D eigenvalue weighted by Gasteiger charge is -2.39. The number of hydrogen-bond donors (Lipinski definition) is 1. The summed E-state index contributed by atoms with van der Waals surface area (Å²) in [5, 5.41) is 2.91. The Morgan fingerprint density at radius 3 is 2.20 bits per heavy atom. The highest BCUT2D eigenvalue weighted by Gasteiger charge is 2.39. The maximum absolute atomic E-state index is 13.7. The summed E-state index contributed by atoms with van der Waals surface area (Å²) in [5.74, 6) is 0.333. The van der Waals surface area contributed by atoms with Crippen molar-refractivity contribution in [3.05, 3.63) is 54.6 Å². The Bertz CT molecular complexity index is 1060. The van der Waals surface area contributed by atoms with Crippen LogP contribution in [0, 0.1) is 5.92 Å². The molecule has 4 amide bonds. The number of fused-ring (bicyclic) bond motifs is 1. The molecule has 1 N–H and O–H groups in total. The highest BCUT2D eigenvalue weighted by Crippen LogP contribution is 2.36. The van der Waals surface area contributed by atoms with Gasteiger partial charge in [0.15, 0.2) is 6.10 Å². The van der Waals surface area contributed by atoms with Crippen LogP contribution in [0.3, 0.4) is 0 Å². The first-order valence-electron chi connectivity index (χ1n) is 12.6. The molecule has 0 spiro atoms. The van der Waals surface area contributed by atoms with Crippen LogP contribution in [-0.2, 0) is 9.59 Å². The molecule has 8 heteroatoms. The number of carbonyl (C=O) groups is 3. The number of benzene rings is 2. The lowest BCUT2D eigenvalue weighted by atomic mass is 9.94. The number of carbonyl (C=O) groups excluding carboxylic acids is 3. The van der Waals surface area contributed by atoms with Crippen molar-refractivity contribution in [3.63, 3.8) is 0 Å². The molecule has 3 aliphatic heterocycles. The lowest BCUT2D eigenvalue weighted by Crippen LogP contribution is -2.54. The summed E-state index contributed by atoms with van der Waals surface area (Å²) in [5.41, 5.74) is 1.47. The molecule has 3 heterocycles. The molecule has 0 saturated carbocycles. The van der Waals surface area contributed by atoms with Crippen LogP contribution in [0.1, 0.15) is 32.1 Å². The van der Waals surface area contributed by atoms with Gasteiger partial charge in [-0.2, -0.15) is 0 Å². The van der Waals surface area contributed by atoms with Crippen molar-refractivity contribution in [1.82, 2.24) is 9.80 Å². The molecule has 0 bridgehead atoms. The third kappa shape index (κ3) is 5.11. The molecule has 184 valence electrons. The fraction of sp³-hybridized carbons (Fsp3) is 0.444. The van der Waals surface area contributed by atoms with Crippen LogP contribution < -0.4 is 15.0 Å². The minimum absolute atomic E-state index is 0.000289. The van der Waals surface area contributed by atoms with E-state index in [0.29, 0.717) is 37.4 Å². The summed E-state index contributed by atoms with van der Waals surface area (Å²) >= 11 is 0. The smallest absolute Gasteiger partial charge is 0.321 e. The van der Waals surface area contributed by atoms with E-state index in [1.54, 1.807) is 9.80 Å². The number of piperidine rings is 2. The predicted molar refractivity (Wildman–Crippen MR) is 133 cm³/mol. The molecule has 0 unspecified atom stereocenters. The lowest BCUT2D eigenvalue weighted by molar-refractivity contribution is -0.139. The number of para-hydroxylation sites is 3. The minimum atomic E-state index is -0.691. The number of anilines is 2. The van der Waals surface area contributed by atoms with Crippen LogP contribution in [-0.4, -0.2) is 66.5 Å². The van der Waals surface area contributed by atoms with E-state index in [1.807, 2.05) is 59.5 Å². The standard InChI is InChI=1S/C27H32N4O4/c32-25(20-13-17-30(18-14-20)27(34)28-21-9-3-1-4-10-21)31-19-24(26(33)29-15-7-2-8-16-29)35-23-12-6-5-11-22(23)31/h1,3-6,9-12,20,24H,2,7-8,13-19H2,(H,28,34)/t24-/m0/s1. The van der Waals surface area contributed by atoms with E-state index < -0.39 is 6.10 Å². The molecular weight excluding hydrogens is 444 g/mol. The number of nitrogens with zero attached hydrogens (tertiary/aromatic N) is 3. The van der Waals surface area contributed by atoms with Crippen molar-refractivity contribution in [2.75, 3.05) is 42.9 Å². The Hall–Kier alpha value is -3.55. The maximum atomic E-state index is 13.7. The number of amides is 4. The molecule has 2 aromatic rings. The van der Waals surface area contributed by atoms with Crippen molar-refractivity contribution in [2.24, 2.45) is 5.92 Å². The van der Waals surface area contributed by atoms with Gasteiger partial charge in [0.25, 0.3) is 5.91 Å². The highest BCUT2D eigenvalue weighted by molar-refractivity contribution is 5.99. The quantitative estimate of drug-likeness (QED) is 0.732. The van der Waals surface area contributed by atoms with Gasteiger partial charge in [0, 0.05) is 37.8 Å². The Labute approximate surface area is 205 Å². The fourth-order valence-corrected chi connectivity index (χ4v) is 5.16. The molecular formula is C27H32N4O4. The Balaban J connectivity index is 1.24. The summed E-state index contributed by atoms with van der Waals surface area (Å²) < 4.78 is 6.07. The van der Waals surface area contributed by atoms with E-state index in [0.717, 1.165) is 38.0 Å². The molecule has 2 fully saturated rings. The molecule has 0 radical (unpaired) electrons. The average Bonchev–Trinajstić information content (AvgIpc) is 2.92. The molecule has 8 nitrogen and oxygen atoms in total. The van der Waals surface area contributed by atoms with Gasteiger partial charge in [-0.15, -0.1) is 0 Å². The second-order valence-electron chi connectivity index (χ2n) is 9.47. The van der Waals surface area contributed by atoms with E-state index in [9.17, 15) is 14.4 Å².